The molecule has 24 heavy (non-hydrogen) atoms. The lowest BCUT2D eigenvalue weighted by Gasteiger charge is -2.37. The number of guanidine groups is 1. The Hall–Kier alpha value is -2.31. The first-order valence-corrected chi connectivity index (χ1v) is 8.09. The molecular weight excluding hydrogens is 311 g/mol. The van der Waals surface area contributed by atoms with E-state index in [4.69, 9.17) is 4.74 Å². The first kappa shape index (κ1) is 18.0. The van der Waals surface area contributed by atoms with E-state index in [1.54, 1.807) is 19.2 Å². The van der Waals surface area contributed by atoms with Gasteiger partial charge in [-0.15, -0.1) is 0 Å². The Labute approximate surface area is 142 Å². The number of nitrogens with zero attached hydrogens (tertiary/aromatic N) is 3. The number of carbonyl (C=O) groups is 1. The molecule has 1 aromatic rings. The molecule has 1 unspecified atom stereocenters. The zero-order chi connectivity index (χ0) is 17.5. The summed E-state index contributed by atoms with van der Waals surface area (Å²) in [5.41, 5.74) is 1.03. The third-order valence-corrected chi connectivity index (χ3v) is 4.15. The highest BCUT2D eigenvalue weighted by molar-refractivity contribution is 5.81. The quantitative estimate of drug-likeness (QED) is 0.511. The second kappa shape index (κ2) is 8.52. The van der Waals surface area contributed by atoms with Gasteiger partial charge in [0.15, 0.2) is 5.96 Å². The van der Waals surface area contributed by atoms with Crippen LogP contribution in [-0.4, -0.2) is 63.7 Å². The molecule has 0 bridgehead atoms. The van der Waals surface area contributed by atoms with Crippen molar-refractivity contribution in [2.24, 2.45) is 10.9 Å². The van der Waals surface area contributed by atoms with Gasteiger partial charge >= 0.3 is 5.97 Å². The number of esters is 1. The van der Waals surface area contributed by atoms with Crippen LogP contribution in [0.5, 0.6) is 0 Å². The maximum absolute atomic E-state index is 13.0. The highest BCUT2D eigenvalue weighted by Gasteiger charge is 2.21. The zero-order valence-corrected chi connectivity index (χ0v) is 14.5. The van der Waals surface area contributed by atoms with E-state index < -0.39 is 0 Å². The number of piperazine rings is 1. The summed E-state index contributed by atoms with van der Waals surface area (Å²) in [6, 6.07) is 6.57. The molecule has 0 radical (unpaired) electrons. The zero-order valence-electron chi connectivity index (χ0n) is 14.5. The van der Waals surface area contributed by atoms with Crippen LogP contribution in [0.3, 0.4) is 0 Å². The normalized spacial score (nSPS) is 16.8. The molecule has 132 valence electrons. The molecule has 1 atom stereocenters. The van der Waals surface area contributed by atoms with Crippen molar-refractivity contribution >= 4 is 17.6 Å². The van der Waals surface area contributed by atoms with Gasteiger partial charge in [0, 0.05) is 45.5 Å². The molecule has 0 amide bonds. The summed E-state index contributed by atoms with van der Waals surface area (Å²) in [4.78, 5) is 20.1. The fourth-order valence-corrected chi connectivity index (χ4v) is 2.69. The third kappa shape index (κ3) is 4.59. The van der Waals surface area contributed by atoms with Crippen molar-refractivity contribution in [3.05, 3.63) is 30.1 Å². The van der Waals surface area contributed by atoms with Crippen LogP contribution >= 0.6 is 0 Å². The van der Waals surface area contributed by atoms with Crippen molar-refractivity contribution in [2.45, 2.75) is 6.92 Å². The highest BCUT2D eigenvalue weighted by atomic mass is 19.1. The van der Waals surface area contributed by atoms with Crippen LogP contribution in [0.4, 0.5) is 10.1 Å². The molecule has 1 heterocycles. The SMILES string of the molecule is CN=C(NCC(C)C(=O)OC)N1CCN(c2ccc(F)cc2)CC1. The summed E-state index contributed by atoms with van der Waals surface area (Å²) < 4.78 is 17.7. The summed E-state index contributed by atoms with van der Waals surface area (Å²) in [6.45, 7) is 5.58. The van der Waals surface area contributed by atoms with Crippen LogP contribution in [0.15, 0.2) is 29.3 Å². The minimum Gasteiger partial charge on any atom is -0.469 e. The Morgan fingerprint density at radius 1 is 1.29 bits per heavy atom. The molecule has 1 aliphatic rings. The van der Waals surface area contributed by atoms with E-state index in [9.17, 15) is 9.18 Å². The third-order valence-electron chi connectivity index (χ3n) is 4.15. The molecule has 6 nitrogen and oxygen atoms in total. The average Bonchev–Trinajstić information content (AvgIpc) is 2.62. The van der Waals surface area contributed by atoms with Gasteiger partial charge < -0.3 is 19.9 Å². The van der Waals surface area contributed by atoms with E-state index in [1.807, 2.05) is 6.92 Å². The molecule has 1 saturated heterocycles. The van der Waals surface area contributed by atoms with E-state index in [1.165, 1.54) is 19.2 Å². The number of nitrogens with one attached hydrogen (secondary N) is 1. The Morgan fingerprint density at radius 3 is 2.46 bits per heavy atom. The van der Waals surface area contributed by atoms with Crippen molar-refractivity contribution in [1.29, 1.82) is 0 Å². The van der Waals surface area contributed by atoms with Crippen LogP contribution in [0.1, 0.15) is 6.92 Å². The lowest BCUT2D eigenvalue weighted by Crippen LogP contribution is -2.53. The number of halogens is 1. The lowest BCUT2D eigenvalue weighted by atomic mass is 10.2. The number of rotatable bonds is 4. The standard InChI is InChI=1S/C17H25FN4O2/c1-13(16(23)24-3)12-20-17(19-2)22-10-8-21(9-11-22)15-6-4-14(18)5-7-15/h4-7,13H,8-12H2,1-3H3,(H,19,20). The van der Waals surface area contributed by atoms with Crippen LogP contribution in [-0.2, 0) is 9.53 Å². The molecule has 1 aromatic carbocycles. The number of methoxy groups -OCH3 is 1. The van der Waals surface area contributed by atoms with E-state index in [2.05, 4.69) is 20.1 Å². The predicted octanol–water partition coefficient (Wildman–Crippen LogP) is 1.33. The second-order valence-electron chi connectivity index (χ2n) is 5.80. The summed E-state index contributed by atoms with van der Waals surface area (Å²) in [6.07, 6.45) is 0. The van der Waals surface area contributed by atoms with Gasteiger partial charge in [-0.25, -0.2) is 4.39 Å². The van der Waals surface area contributed by atoms with Crippen molar-refractivity contribution in [3.8, 4) is 0 Å². The number of anilines is 1. The van der Waals surface area contributed by atoms with E-state index in [0.29, 0.717) is 6.54 Å². The Bertz CT molecular complexity index is 568. The Morgan fingerprint density at radius 2 is 1.92 bits per heavy atom. The van der Waals surface area contributed by atoms with Gasteiger partial charge in [0.1, 0.15) is 5.82 Å². The molecule has 1 aliphatic heterocycles. The Kier molecular flexibility index (Phi) is 6.40. The van der Waals surface area contributed by atoms with Gasteiger partial charge in [0.05, 0.1) is 13.0 Å². The number of ether oxygens (including phenoxy) is 1. The summed E-state index contributed by atoms with van der Waals surface area (Å²) >= 11 is 0. The first-order valence-electron chi connectivity index (χ1n) is 8.09. The average molecular weight is 336 g/mol. The minimum atomic E-state index is -0.237. The van der Waals surface area contributed by atoms with Crippen molar-refractivity contribution < 1.29 is 13.9 Å². The maximum Gasteiger partial charge on any atom is 0.310 e. The second-order valence-corrected chi connectivity index (χ2v) is 5.80. The van der Waals surface area contributed by atoms with Gasteiger partial charge in [-0.3, -0.25) is 9.79 Å². The first-order chi connectivity index (χ1) is 11.5. The van der Waals surface area contributed by atoms with Crippen LogP contribution in [0.25, 0.3) is 0 Å². The fourth-order valence-electron chi connectivity index (χ4n) is 2.69. The Balaban J connectivity index is 1.85. The summed E-state index contributed by atoms with van der Waals surface area (Å²) in [7, 11) is 3.12. The summed E-state index contributed by atoms with van der Waals surface area (Å²) in [5, 5.41) is 3.22. The van der Waals surface area contributed by atoms with Crippen molar-refractivity contribution in [1.82, 2.24) is 10.2 Å². The molecule has 0 aromatic heterocycles. The van der Waals surface area contributed by atoms with E-state index in [0.717, 1.165) is 37.8 Å². The van der Waals surface area contributed by atoms with Gasteiger partial charge in [0.25, 0.3) is 0 Å². The van der Waals surface area contributed by atoms with Crippen LogP contribution in [0.2, 0.25) is 0 Å². The molecule has 7 heteroatoms. The van der Waals surface area contributed by atoms with Crippen molar-refractivity contribution in [2.75, 3.05) is 51.8 Å². The van der Waals surface area contributed by atoms with Crippen LogP contribution in [0, 0.1) is 11.7 Å². The molecule has 1 fully saturated rings. The molecule has 2 rings (SSSR count). The number of carbonyl (C=O) groups excluding carboxylic acids is 1. The topological polar surface area (TPSA) is 57.2 Å². The largest absolute Gasteiger partial charge is 0.469 e. The molecule has 0 saturated carbocycles. The van der Waals surface area contributed by atoms with Gasteiger partial charge in [-0.1, -0.05) is 6.92 Å². The lowest BCUT2D eigenvalue weighted by molar-refractivity contribution is -0.144. The van der Waals surface area contributed by atoms with Gasteiger partial charge in [-0.05, 0) is 24.3 Å². The highest BCUT2D eigenvalue weighted by Crippen LogP contribution is 2.16. The predicted molar refractivity (Wildman–Crippen MR) is 92.7 cm³/mol. The van der Waals surface area contributed by atoms with Crippen molar-refractivity contribution in [3.63, 3.8) is 0 Å². The van der Waals surface area contributed by atoms with Gasteiger partial charge in [-0.2, -0.15) is 0 Å². The maximum atomic E-state index is 13.0. The molecular formula is C17H25FN4O2. The molecule has 0 aliphatic carbocycles. The van der Waals surface area contributed by atoms with Gasteiger partial charge in [0.2, 0.25) is 0 Å². The molecule has 1 N–H and O–H groups in total. The van der Waals surface area contributed by atoms with E-state index in [-0.39, 0.29) is 17.7 Å². The number of hydrogen-bond donors (Lipinski definition) is 1. The molecule has 0 spiro atoms. The number of aliphatic imine (C=N–C) groups is 1. The number of hydrogen-bond acceptors (Lipinski definition) is 4. The van der Waals surface area contributed by atoms with Crippen LogP contribution < -0.4 is 10.2 Å². The smallest absolute Gasteiger partial charge is 0.310 e. The fraction of sp³-hybridized carbons (Fsp3) is 0.529. The van der Waals surface area contributed by atoms with E-state index >= 15 is 0 Å². The summed E-state index contributed by atoms with van der Waals surface area (Å²) in [5.74, 6) is 0.0950. The number of benzene rings is 1. The minimum absolute atomic E-state index is 0.221. The monoisotopic (exact) mass is 336 g/mol.